The van der Waals surface area contributed by atoms with Gasteiger partial charge in [0.05, 0.1) is 6.42 Å². The van der Waals surface area contributed by atoms with Gasteiger partial charge in [-0.05, 0) is 61.8 Å². The normalized spacial score (nSPS) is 18.8. The Morgan fingerprint density at radius 2 is 1.97 bits per heavy atom. The average molecular weight is 444 g/mol. The Balaban J connectivity index is 1.47. The number of aryl methyl sites for hydroxylation is 1. The first-order valence-corrected chi connectivity index (χ1v) is 11.7. The van der Waals surface area contributed by atoms with E-state index in [2.05, 4.69) is 27.8 Å². The van der Waals surface area contributed by atoms with E-state index < -0.39 is 0 Å². The smallest absolute Gasteiger partial charge is 0.230 e. The van der Waals surface area contributed by atoms with Gasteiger partial charge in [0.15, 0.2) is 0 Å². The minimum Gasteiger partial charge on any atom is -0.357 e. The van der Waals surface area contributed by atoms with Crippen molar-refractivity contribution < 1.29 is 9.18 Å². The molecule has 3 rings (SSSR count). The molecule has 0 unspecified atom stereocenters. The number of amides is 1. The maximum Gasteiger partial charge on any atom is 0.230 e. The van der Waals surface area contributed by atoms with E-state index in [1.807, 2.05) is 19.1 Å². The second kappa shape index (κ2) is 11.1. The van der Waals surface area contributed by atoms with Crippen molar-refractivity contribution in [2.45, 2.75) is 64.8 Å². The van der Waals surface area contributed by atoms with E-state index in [0.29, 0.717) is 34.2 Å². The van der Waals surface area contributed by atoms with E-state index >= 15 is 0 Å². The van der Waals surface area contributed by atoms with Crippen LogP contribution in [-0.2, 0) is 17.6 Å². The number of allylic oxidation sites excluding steroid dienone is 2. The number of halogens is 1. The third-order valence-electron chi connectivity index (χ3n) is 5.55. The van der Waals surface area contributed by atoms with Crippen molar-refractivity contribution in [3.63, 3.8) is 0 Å². The minimum atomic E-state index is -0.241. The summed E-state index contributed by atoms with van der Waals surface area (Å²) >= 11 is 1.32. The molecule has 0 spiro atoms. The highest BCUT2D eigenvalue weighted by Crippen LogP contribution is 2.29. The summed E-state index contributed by atoms with van der Waals surface area (Å²) in [6, 6.07) is 5.08. The summed E-state index contributed by atoms with van der Waals surface area (Å²) in [5.74, 6) is -0.102. The van der Waals surface area contributed by atoms with Gasteiger partial charge < -0.3 is 16.0 Å². The molecule has 31 heavy (non-hydrogen) atoms. The monoisotopic (exact) mass is 443 g/mol. The van der Waals surface area contributed by atoms with Gasteiger partial charge in [-0.25, -0.2) is 4.39 Å². The summed E-state index contributed by atoms with van der Waals surface area (Å²) in [5, 5.41) is 23.7. The van der Waals surface area contributed by atoms with Gasteiger partial charge in [-0.2, -0.15) is 0 Å². The first kappa shape index (κ1) is 23.1. The fourth-order valence-corrected chi connectivity index (χ4v) is 4.53. The van der Waals surface area contributed by atoms with Crippen LogP contribution >= 0.6 is 11.3 Å². The quantitative estimate of drug-likeness (QED) is 0.454. The summed E-state index contributed by atoms with van der Waals surface area (Å²) in [4.78, 5) is 12.3. The van der Waals surface area contributed by atoms with Gasteiger partial charge in [0.25, 0.3) is 0 Å². The number of nitrogens with one attached hydrogen (secondary N) is 3. The lowest BCUT2D eigenvalue weighted by molar-refractivity contribution is -0.115. The van der Waals surface area contributed by atoms with Crippen LogP contribution in [0.2, 0.25) is 0 Å². The van der Waals surface area contributed by atoms with Crippen molar-refractivity contribution in [1.82, 2.24) is 10.2 Å². The standard InChI is InChI=1S/C23H30FN5OS/c1-3-5-6-20(25)17-8-10-18(11-9-17)26-22-28-29-23(31-22)27-21(30)14-15-7-12-19(24)16(4-2)13-15/h5-7,12-13,17-18,25H,3-4,8-11,14H2,1-2H3,(H,26,28)(H,27,29,30)/b6-5-,25-20?/t17-,18+. The number of carbonyl (C=O) groups is 1. The number of hydrogen-bond donors (Lipinski definition) is 3. The third kappa shape index (κ3) is 6.69. The molecule has 1 aliphatic rings. The molecule has 2 aromatic rings. The van der Waals surface area contributed by atoms with Crippen LogP contribution in [0.5, 0.6) is 0 Å². The molecule has 0 saturated heterocycles. The maximum absolute atomic E-state index is 13.6. The number of benzene rings is 1. The van der Waals surface area contributed by atoms with E-state index in [4.69, 9.17) is 5.41 Å². The number of aromatic nitrogens is 2. The largest absolute Gasteiger partial charge is 0.357 e. The van der Waals surface area contributed by atoms with Crippen molar-refractivity contribution in [3.05, 3.63) is 47.3 Å². The zero-order valence-corrected chi connectivity index (χ0v) is 18.9. The van der Waals surface area contributed by atoms with Gasteiger partial charge in [0, 0.05) is 17.7 Å². The maximum atomic E-state index is 13.6. The molecule has 1 aromatic heterocycles. The Labute approximate surface area is 186 Å². The summed E-state index contributed by atoms with van der Waals surface area (Å²) in [6.45, 7) is 3.96. The first-order chi connectivity index (χ1) is 15.0. The number of anilines is 2. The average Bonchev–Trinajstić information content (AvgIpc) is 3.20. The molecular weight excluding hydrogens is 413 g/mol. The molecule has 0 aliphatic heterocycles. The van der Waals surface area contributed by atoms with Gasteiger partial charge >= 0.3 is 0 Å². The molecule has 0 atom stereocenters. The zero-order valence-electron chi connectivity index (χ0n) is 18.1. The van der Waals surface area contributed by atoms with Crippen molar-refractivity contribution in [2.24, 2.45) is 5.92 Å². The van der Waals surface area contributed by atoms with Crippen LogP contribution in [0.25, 0.3) is 0 Å². The molecule has 1 amide bonds. The molecule has 1 aromatic carbocycles. The molecule has 1 aliphatic carbocycles. The van der Waals surface area contributed by atoms with Crippen LogP contribution in [-0.4, -0.2) is 27.9 Å². The number of rotatable bonds is 9. The summed E-state index contributed by atoms with van der Waals surface area (Å²) < 4.78 is 13.6. The van der Waals surface area contributed by atoms with Crippen LogP contribution in [0.1, 0.15) is 57.1 Å². The van der Waals surface area contributed by atoms with Crippen LogP contribution in [0.15, 0.2) is 30.4 Å². The highest BCUT2D eigenvalue weighted by molar-refractivity contribution is 7.19. The Hall–Kier alpha value is -2.61. The van der Waals surface area contributed by atoms with Crippen LogP contribution < -0.4 is 10.6 Å². The second-order valence-electron chi connectivity index (χ2n) is 7.88. The van der Waals surface area contributed by atoms with Crippen molar-refractivity contribution in [2.75, 3.05) is 10.6 Å². The Morgan fingerprint density at radius 1 is 1.23 bits per heavy atom. The van der Waals surface area contributed by atoms with Crippen LogP contribution in [0.3, 0.4) is 0 Å². The second-order valence-corrected chi connectivity index (χ2v) is 8.85. The van der Waals surface area contributed by atoms with Crippen molar-refractivity contribution in [1.29, 1.82) is 5.41 Å². The zero-order chi connectivity index (χ0) is 22.2. The molecular formula is C23H30FN5OS. The number of hydrogen-bond acceptors (Lipinski definition) is 6. The van der Waals surface area contributed by atoms with Gasteiger partial charge in [-0.1, -0.05) is 43.4 Å². The van der Waals surface area contributed by atoms with Gasteiger partial charge in [-0.3, -0.25) is 4.79 Å². The summed E-state index contributed by atoms with van der Waals surface area (Å²) in [6.07, 6.45) is 9.64. The van der Waals surface area contributed by atoms with Crippen molar-refractivity contribution >= 4 is 33.2 Å². The molecule has 3 N–H and O–H groups in total. The van der Waals surface area contributed by atoms with E-state index in [0.717, 1.165) is 43.4 Å². The number of carbonyl (C=O) groups excluding carboxylic acids is 1. The van der Waals surface area contributed by atoms with E-state index in [-0.39, 0.29) is 18.1 Å². The highest BCUT2D eigenvalue weighted by Gasteiger charge is 2.24. The molecule has 8 heteroatoms. The topological polar surface area (TPSA) is 90.8 Å². The van der Waals surface area contributed by atoms with Crippen molar-refractivity contribution in [3.8, 4) is 0 Å². The molecule has 1 saturated carbocycles. The lowest BCUT2D eigenvalue weighted by atomic mass is 9.83. The Kier molecular flexibility index (Phi) is 8.28. The van der Waals surface area contributed by atoms with Crippen LogP contribution in [0.4, 0.5) is 14.7 Å². The summed E-state index contributed by atoms with van der Waals surface area (Å²) in [5.41, 5.74) is 2.11. The Morgan fingerprint density at radius 3 is 2.68 bits per heavy atom. The fourth-order valence-electron chi connectivity index (χ4n) is 3.79. The van der Waals surface area contributed by atoms with Gasteiger partial charge in [-0.15, -0.1) is 10.2 Å². The first-order valence-electron chi connectivity index (χ1n) is 10.9. The predicted molar refractivity (Wildman–Crippen MR) is 125 cm³/mol. The minimum absolute atomic E-state index is 0.165. The lowest BCUT2D eigenvalue weighted by Crippen LogP contribution is -2.28. The van der Waals surface area contributed by atoms with E-state index in [9.17, 15) is 9.18 Å². The molecule has 0 radical (unpaired) electrons. The molecule has 0 bridgehead atoms. The SMILES string of the molecule is CC/C=C\C(=N)[C@H]1CC[C@@H](Nc2nnc(NC(=O)Cc3ccc(F)c(CC)c3)s2)CC1. The molecule has 1 fully saturated rings. The third-order valence-corrected chi connectivity index (χ3v) is 6.32. The van der Waals surface area contributed by atoms with Crippen LogP contribution in [0, 0.1) is 17.1 Å². The summed E-state index contributed by atoms with van der Waals surface area (Å²) in [7, 11) is 0. The lowest BCUT2D eigenvalue weighted by Gasteiger charge is -2.28. The fraction of sp³-hybridized carbons (Fsp3) is 0.478. The van der Waals surface area contributed by atoms with Gasteiger partial charge in [0.2, 0.25) is 16.2 Å². The molecule has 1 heterocycles. The van der Waals surface area contributed by atoms with E-state index in [1.54, 1.807) is 12.1 Å². The molecule has 6 nitrogen and oxygen atoms in total. The van der Waals surface area contributed by atoms with E-state index in [1.165, 1.54) is 17.4 Å². The van der Waals surface area contributed by atoms with Gasteiger partial charge in [0.1, 0.15) is 5.82 Å². The molecule has 166 valence electrons. The predicted octanol–water partition coefficient (Wildman–Crippen LogP) is 5.38. The highest BCUT2D eigenvalue weighted by atomic mass is 32.1. The number of nitrogens with zero attached hydrogens (tertiary/aromatic N) is 2. The Bertz CT molecular complexity index is 934.